The van der Waals surface area contributed by atoms with Gasteiger partial charge in [-0.1, -0.05) is 25.1 Å². The van der Waals surface area contributed by atoms with E-state index in [0.29, 0.717) is 22.4 Å². The quantitative estimate of drug-likeness (QED) is 0.481. The van der Waals surface area contributed by atoms with Crippen molar-refractivity contribution in [3.8, 4) is 5.75 Å². The first-order valence-corrected chi connectivity index (χ1v) is 11.5. The average Bonchev–Trinajstić information content (AvgIpc) is 3.32. The van der Waals surface area contributed by atoms with E-state index < -0.39 is 17.1 Å². The third-order valence-corrected chi connectivity index (χ3v) is 6.58. The first-order chi connectivity index (χ1) is 15.9. The first kappa shape index (κ1) is 22.7. The summed E-state index contributed by atoms with van der Waals surface area (Å²) in [5.41, 5.74) is 2.51. The minimum atomic E-state index is -0.463. The summed E-state index contributed by atoms with van der Waals surface area (Å²) in [7, 11) is 1.56. The van der Waals surface area contributed by atoms with E-state index >= 15 is 0 Å². The van der Waals surface area contributed by atoms with Gasteiger partial charge in [0.1, 0.15) is 12.3 Å². The van der Waals surface area contributed by atoms with Crippen LogP contribution in [0.4, 0.5) is 10.5 Å². The number of anilines is 1. The molecule has 8 heteroatoms. The van der Waals surface area contributed by atoms with Crippen LogP contribution in [-0.2, 0) is 9.59 Å². The highest BCUT2D eigenvalue weighted by atomic mass is 32.2. The van der Waals surface area contributed by atoms with Crippen molar-refractivity contribution in [3.05, 3.63) is 65.2 Å². The summed E-state index contributed by atoms with van der Waals surface area (Å²) >= 11 is 0.855. The summed E-state index contributed by atoms with van der Waals surface area (Å²) in [5, 5.41) is 3.26. The summed E-state index contributed by atoms with van der Waals surface area (Å²) in [6.45, 7) is 3.93. The van der Waals surface area contributed by atoms with Crippen molar-refractivity contribution in [1.82, 2.24) is 9.47 Å². The predicted octanol–water partition coefficient (Wildman–Crippen LogP) is 5.30. The molecular weight excluding hydrogens is 438 g/mol. The van der Waals surface area contributed by atoms with Gasteiger partial charge in [-0.2, -0.15) is 0 Å². The highest BCUT2D eigenvalue weighted by molar-refractivity contribution is 8.18. The molecule has 1 aliphatic heterocycles. The number of carbonyl (C=O) groups excluding carboxylic acids is 3. The van der Waals surface area contributed by atoms with Crippen LogP contribution in [-0.4, -0.2) is 40.2 Å². The number of imide groups is 1. The maximum Gasteiger partial charge on any atom is 0.294 e. The smallest absolute Gasteiger partial charge is 0.294 e. The van der Waals surface area contributed by atoms with E-state index in [0.717, 1.165) is 39.5 Å². The zero-order valence-corrected chi connectivity index (χ0v) is 19.5. The van der Waals surface area contributed by atoms with Crippen molar-refractivity contribution in [2.24, 2.45) is 0 Å². The lowest BCUT2D eigenvalue weighted by atomic mass is 10.1. The lowest BCUT2D eigenvalue weighted by molar-refractivity contribution is -0.127. The Morgan fingerprint density at radius 2 is 1.88 bits per heavy atom. The van der Waals surface area contributed by atoms with Gasteiger partial charge in [0.15, 0.2) is 0 Å². The Hall–Kier alpha value is -3.52. The molecule has 0 saturated carbocycles. The minimum absolute atomic E-state index is 0.300. The molecule has 3 aromatic rings. The van der Waals surface area contributed by atoms with Crippen molar-refractivity contribution < 1.29 is 19.1 Å². The second-order valence-electron chi connectivity index (χ2n) is 7.81. The number of hydrogen-bond acceptors (Lipinski definition) is 5. The van der Waals surface area contributed by atoms with Gasteiger partial charge >= 0.3 is 0 Å². The van der Waals surface area contributed by atoms with E-state index in [1.807, 2.05) is 30.5 Å². The summed E-state index contributed by atoms with van der Waals surface area (Å²) in [6.07, 6.45) is 4.73. The molecule has 0 radical (unpaired) electrons. The molecule has 3 amide bonds. The van der Waals surface area contributed by atoms with Gasteiger partial charge in [-0.05, 0) is 61.5 Å². The first-order valence-electron chi connectivity index (χ1n) is 10.7. The fraction of sp³-hybridized carbons (Fsp3) is 0.240. The second-order valence-corrected chi connectivity index (χ2v) is 8.80. The maximum absolute atomic E-state index is 12.9. The highest BCUT2D eigenvalue weighted by Crippen LogP contribution is 2.35. The monoisotopic (exact) mass is 463 g/mol. The van der Waals surface area contributed by atoms with Crippen LogP contribution in [0.25, 0.3) is 17.0 Å². The van der Waals surface area contributed by atoms with Gasteiger partial charge in [-0.3, -0.25) is 19.3 Å². The molecule has 2 aromatic carbocycles. The second kappa shape index (κ2) is 9.54. The summed E-state index contributed by atoms with van der Waals surface area (Å²) in [4.78, 5) is 39.2. The zero-order valence-electron chi connectivity index (χ0n) is 18.7. The fourth-order valence-corrected chi connectivity index (χ4v) is 4.53. The summed E-state index contributed by atoms with van der Waals surface area (Å²) in [6, 6.07) is 15.1. The zero-order chi connectivity index (χ0) is 23.5. The highest BCUT2D eigenvalue weighted by Gasteiger charge is 2.36. The van der Waals surface area contributed by atoms with Crippen LogP contribution in [0.2, 0.25) is 0 Å². The molecule has 1 saturated heterocycles. The number of thioether (sulfide) groups is 1. The van der Waals surface area contributed by atoms with Gasteiger partial charge < -0.3 is 14.6 Å². The third kappa shape index (κ3) is 4.66. The number of nitrogens with zero attached hydrogens (tertiary/aromatic N) is 2. The Morgan fingerprint density at radius 3 is 2.58 bits per heavy atom. The minimum Gasteiger partial charge on any atom is -0.497 e. The molecule has 33 heavy (non-hydrogen) atoms. The molecule has 1 aromatic heterocycles. The molecule has 1 N–H and O–H groups in total. The largest absolute Gasteiger partial charge is 0.497 e. The van der Waals surface area contributed by atoms with Crippen LogP contribution in [0, 0.1) is 0 Å². The topological polar surface area (TPSA) is 80.6 Å². The molecule has 0 unspecified atom stereocenters. The molecule has 0 spiro atoms. The lowest BCUT2D eigenvalue weighted by Gasteiger charge is -2.12. The number of benzene rings is 2. The Balaban J connectivity index is 1.53. The van der Waals surface area contributed by atoms with Gasteiger partial charge in [0.2, 0.25) is 5.91 Å². The Kier molecular flexibility index (Phi) is 6.55. The molecule has 1 aliphatic rings. The van der Waals surface area contributed by atoms with E-state index in [1.54, 1.807) is 37.5 Å². The van der Waals surface area contributed by atoms with E-state index in [-0.39, 0.29) is 6.54 Å². The van der Waals surface area contributed by atoms with Crippen molar-refractivity contribution in [2.45, 2.75) is 26.3 Å². The Bertz CT molecular complexity index is 1250. The van der Waals surface area contributed by atoms with Crippen LogP contribution in [0.5, 0.6) is 5.75 Å². The molecule has 4 rings (SSSR count). The number of fused-ring (bicyclic) bond motifs is 1. The average molecular weight is 464 g/mol. The molecule has 170 valence electrons. The van der Waals surface area contributed by atoms with Crippen LogP contribution in [0.1, 0.15) is 31.9 Å². The number of nitrogens with one attached hydrogen (secondary N) is 1. The van der Waals surface area contributed by atoms with E-state index in [2.05, 4.69) is 23.7 Å². The lowest BCUT2D eigenvalue weighted by Crippen LogP contribution is -2.36. The molecule has 2 heterocycles. The Morgan fingerprint density at radius 1 is 1.15 bits per heavy atom. The van der Waals surface area contributed by atoms with Crippen molar-refractivity contribution in [3.63, 3.8) is 0 Å². The molecule has 0 aliphatic carbocycles. The predicted molar refractivity (Wildman–Crippen MR) is 131 cm³/mol. The van der Waals surface area contributed by atoms with Gasteiger partial charge in [0, 0.05) is 34.4 Å². The van der Waals surface area contributed by atoms with E-state index in [1.165, 1.54) is 0 Å². The summed E-state index contributed by atoms with van der Waals surface area (Å²) in [5.74, 6) is -0.244. The van der Waals surface area contributed by atoms with Crippen LogP contribution in [0.15, 0.2) is 59.6 Å². The fourth-order valence-electron chi connectivity index (χ4n) is 3.70. The van der Waals surface area contributed by atoms with Gasteiger partial charge in [-0.15, -0.1) is 0 Å². The third-order valence-electron chi connectivity index (χ3n) is 5.67. The van der Waals surface area contributed by atoms with Crippen molar-refractivity contribution >= 4 is 51.5 Å². The Labute approximate surface area is 196 Å². The normalized spacial score (nSPS) is 16.0. The number of rotatable bonds is 7. The van der Waals surface area contributed by atoms with Crippen LogP contribution < -0.4 is 10.1 Å². The number of ether oxygens (including phenoxy) is 1. The summed E-state index contributed by atoms with van der Waals surface area (Å²) < 4.78 is 7.29. The molecule has 1 fully saturated rings. The number of hydrogen-bond donors (Lipinski definition) is 1. The maximum atomic E-state index is 12.9. The molecule has 7 nitrogen and oxygen atoms in total. The number of methoxy groups -OCH3 is 1. The van der Waals surface area contributed by atoms with Gasteiger partial charge in [0.05, 0.1) is 12.0 Å². The molecular formula is C25H25N3O4S. The van der Waals surface area contributed by atoms with Crippen molar-refractivity contribution in [2.75, 3.05) is 19.0 Å². The standard InChI is InChI=1S/C25H25N3O4S/c1-4-16(2)27-14-17(20-7-5-6-8-21(20)27)13-22-24(30)28(25(31)33-22)15-23(29)26-18-9-11-19(32-3)12-10-18/h5-14,16H,4,15H2,1-3H3,(H,26,29)/b22-13+/t16-/m1/s1. The van der Waals surface area contributed by atoms with Gasteiger partial charge in [0.25, 0.3) is 11.1 Å². The SMILES string of the molecule is CC[C@@H](C)n1cc(/C=C2/SC(=O)N(CC(=O)Nc3ccc(OC)cc3)C2=O)c2ccccc21. The molecule has 1 atom stereocenters. The van der Waals surface area contributed by atoms with E-state index in [9.17, 15) is 14.4 Å². The van der Waals surface area contributed by atoms with Gasteiger partial charge in [-0.25, -0.2) is 0 Å². The number of amides is 3. The van der Waals surface area contributed by atoms with Crippen LogP contribution in [0.3, 0.4) is 0 Å². The number of carbonyl (C=O) groups is 3. The number of aromatic nitrogens is 1. The van der Waals surface area contributed by atoms with Crippen LogP contribution >= 0.6 is 11.8 Å². The van der Waals surface area contributed by atoms with E-state index in [4.69, 9.17) is 4.74 Å². The van der Waals surface area contributed by atoms with Crippen molar-refractivity contribution in [1.29, 1.82) is 0 Å². The number of para-hydroxylation sites is 1. The molecule has 0 bridgehead atoms.